The SMILES string of the molecule is Cc1cc(N2C(=S)N[C@H](c3ccccn3)[C@@H]2c2cccn2-c2ccc(Cl)cn2)ccc1NS(C)(=O)=O. The first kappa shape index (κ1) is 24.2. The molecule has 184 valence electrons. The average molecular weight is 539 g/mol. The molecule has 4 heterocycles. The minimum absolute atomic E-state index is 0.242. The van der Waals surface area contributed by atoms with E-state index in [1.807, 2.05) is 71.1 Å². The highest BCUT2D eigenvalue weighted by Gasteiger charge is 2.42. The van der Waals surface area contributed by atoms with Gasteiger partial charge in [0.1, 0.15) is 11.9 Å². The summed E-state index contributed by atoms with van der Waals surface area (Å²) < 4.78 is 28.1. The van der Waals surface area contributed by atoms with E-state index in [0.717, 1.165) is 34.7 Å². The van der Waals surface area contributed by atoms with E-state index >= 15 is 0 Å². The maximum absolute atomic E-state index is 11.8. The lowest BCUT2D eigenvalue weighted by Gasteiger charge is -2.29. The van der Waals surface area contributed by atoms with Crippen LogP contribution in [0.1, 0.15) is 29.0 Å². The van der Waals surface area contributed by atoms with Gasteiger partial charge in [0.05, 0.1) is 28.7 Å². The number of sulfonamides is 1. The van der Waals surface area contributed by atoms with Crippen LogP contribution in [0.4, 0.5) is 11.4 Å². The zero-order valence-electron chi connectivity index (χ0n) is 19.5. The minimum Gasteiger partial charge on any atom is -0.351 e. The highest BCUT2D eigenvalue weighted by atomic mass is 35.5. The summed E-state index contributed by atoms with van der Waals surface area (Å²) in [6, 6.07) is 18.5. The van der Waals surface area contributed by atoms with Crippen molar-refractivity contribution in [3.05, 3.63) is 101 Å². The van der Waals surface area contributed by atoms with Gasteiger partial charge in [-0.15, -0.1) is 0 Å². The van der Waals surface area contributed by atoms with Crippen LogP contribution in [-0.4, -0.2) is 34.3 Å². The van der Waals surface area contributed by atoms with Gasteiger partial charge < -0.3 is 14.8 Å². The summed E-state index contributed by atoms with van der Waals surface area (Å²) >= 11 is 11.9. The molecule has 1 saturated heterocycles. The molecule has 2 atom stereocenters. The molecule has 36 heavy (non-hydrogen) atoms. The summed E-state index contributed by atoms with van der Waals surface area (Å²) in [7, 11) is -3.40. The fourth-order valence-corrected chi connectivity index (χ4v) is 5.49. The van der Waals surface area contributed by atoms with E-state index < -0.39 is 10.0 Å². The molecule has 4 aromatic rings. The first-order chi connectivity index (χ1) is 17.2. The van der Waals surface area contributed by atoms with Crippen molar-refractivity contribution in [1.82, 2.24) is 19.9 Å². The van der Waals surface area contributed by atoms with E-state index in [-0.39, 0.29) is 12.1 Å². The van der Waals surface area contributed by atoms with Gasteiger partial charge in [0.15, 0.2) is 5.11 Å². The Labute approximate surface area is 220 Å². The second-order valence-electron chi connectivity index (χ2n) is 8.51. The van der Waals surface area contributed by atoms with Gasteiger partial charge >= 0.3 is 0 Å². The van der Waals surface area contributed by atoms with Crippen LogP contribution in [0.15, 0.2) is 79.3 Å². The van der Waals surface area contributed by atoms with Crippen molar-refractivity contribution in [2.75, 3.05) is 15.9 Å². The predicted octanol–water partition coefficient (Wildman–Crippen LogP) is 4.78. The molecule has 2 N–H and O–H groups in total. The Balaban J connectivity index is 1.63. The summed E-state index contributed by atoms with van der Waals surface area (Å²) in [6.07, 6.45) is 6.45. The van der Waals surface area contributed by atoms with Crippen LogP contribution in [0.2, 0.25) is 5.02 Å². The third-order valence-electron chi connectivity index (χ3n) is 5.92. The molecule has 0 bridgehead atoms. The van der Waals surface area contributed by atoms with Crippen molar-refractivity contribution in [3.8, 4) is 5.82 Å². The lowest BCUT2D eigenvalue weighted by Crippen LogP contribution is -2.30. The second-order valence-corrected chi connectivity index (χ2v) is 11.1. The first-order valence-corrected chi connectivity index (χ1v) is 13.8. The Morgan fingerprint density at radius 2 is 1.92 bits per heavy atom. The molecular weight excluding hydrogens is 516 g/mol. The molecule has 0 amide bonds. The molecule has 11 heteroatoms. The fourth-order valence-electron chi connectivity index (χ4n) is 4.40. The zero-order valence-corrected chi connectivity index (χ0v) is 21.8. The Morgan fingerprint density at radius 3 is 2.58 bits per heavy atom. The van der Waals surface area contributed by atoms with Crippen LogP contribution in [0.25, 0.3) is 5.82 Å². The third kappa shape index (κ3) is 4.79. The maximum atomic E-state index is 11.8. The van der Waals surface area contributed by atoms with Gasteiger partial charge in [-0.2, -0.15) is 0 Å². The number of halogens is 1. The maximum Gasteiger partial charge on any atom is 0.229 e. The van der Waals surface area contributed by atoms with Crippen LogP contribution in [0, 0.1) is 6.92 Å². The Kier molecular flexibility index (Phi) is 6.42. The van der Waals surface area contributed by atoms with Crippen LogP contribution in [-0.2, 0) is 10.0 Å². The van der Waals surface area contributed by atoms with Gasteiger partial charge in [0, 0.05) is 30.0 Å². The number of hydrogen-bond donors (Lipinski definition) is 2. The van der Waals surface area contributed by atoms with Crippen LogP contribution in [0.3, 0.4) is 0 Å². The number of aromatic nitrogens is 3. The molecule has 3 aromatic heterocycles. The summed E-state index contributed by atoms with van der Waals surface area (Å²) in [4.78, 5) is 11.1. The lowest BCUT2D eigenvalue weighted by atomic mass is 10.0. The number of aryl methyl sites for hydroxylation is 1. The molecule has 1 aliphatic rings. The number of hydrogen-bond acceptors (Lipinski definition) is 5. The Hall–Kier alpha value is -3.47. The quantitative estimate of drug-likeness (QED) is 0.341. The summed E-state index contributed by atoms with van der Waals surface area (Å²) in [6.45, 7) is 1.86. The van der Waals surface area contributed by atoms with Crippen molar-refractivity contribution in [2.24, 2.45) is 0 Å². The summed E-state index contributed by atoms with van der Waals surface area (Å²) in [5.74, 6) is 0.723. The van der Waals surface area contributed by atoms with Crippen molar-refractivity contribution >= 4 is 50.3 Å². The average Bonchev–Trinajstić information content (AvgIpc) is 3.45. The molecule has 0 spiro atoms. The highest BCUT2D eigenvalue weighted by Crippen LogP contribution is 2.42. The summed E-state index contributed by atoms with van der Waals surface area (Å²) in [5, 5.41) is 4.54. The van der Waals surface area contributed by atoms with E-state index in [9.17, 15) is 8.42 Å². The highest BCUT2D eigenvalue weighted by molar-refractivity contribution is 7.92. The Morgan fingerprint density at radius 1 is 1.08 bits per heavy atom. The topological polar surface area (TPSA) is 92.2 Å². The van der Waals surface area contributed by atoms with E-state index in [1.165, 1.54) is 0 Å². The molecule has 5 rings (SSSR count). The summed E-state index contributed by atoms with van der Waals surface area (Å²) in [5.41, 5.74) is 3.91. The van der Waals surface area contributed by atoms with Crippen molar-refractivity contribution in [3.63, 3.8) is 0 Å². The van der Waals surface area contributed by atoms with Gasteiger partial charge in [-0.1, -0.05) is 17.7 Å². The fraction of sp³-hybridized carbons (Fsp3) is 0.160. The first-order valence-electron chi connectivity index (χ1n) is 11.1. The molecule has 8 nitrogen and oxygen atoms in total. The van der Waals surface area contributed by atoms with Gasteiger partial charge in [0.2, 0.25) is 10.0 Å². The van der Waals surface area contributed by atoms with Crippen molar-refractivity contribution < 1.29 is 8.42 Å². The largest absolute Gasteiger partial charge is 0.351 e. The number of thiocarbonyl (C=S) groups is 1. The van der Waals surface area contributed by atoms with Crippen LogP contribution < -0.4 is 14.9 Å². The monoisotopic (exact) mass is 538 g/mol. The van der Waals surface area contributed by atoms with E-state index in [1.54, 1.807) is 24.5 Å². The molecule has 0 unspecified atom stereocenters. The number of nitrogens with zero attached hydrogens (tertiary/aromatic N) is 4. The zero-order chi connectivity index (χ0) is 25.4. The number of pyridine rings is 2. The number of benzene rings is 1. The molecule has 1 aliphatic heterocycles. The number of anilines is 2. The van der Waals surface area contributed by atoms with E-state index in [4.69, 9.17) is 23.8 Å². The molecule has 0 saturated carbocycles. The number of nitrogens with one attached hydrogen (secondary N) is 2. The van der Waals surface area contributed by atoms with Gasteiger partial charge in [0.25, 0.3) is 0 Å². The van der Waals surface area contributed by atoms with Crippen molar-refractivity contribution in [2.45, 2.75) is 19.0 Å². The van der Waals surface area contributed by atoms with Gasteiger partial charge in [-0.3, -0.25) is 9.71 Å². The minimum atomic E-state index is -3.40. The lowest BCUT2D eigenvalue weighted by molar-refractivity contribution is 0.548. The second kappa shape index (κ2) is 9.53. The van der Waals surface area contributed by atoms with Gasteiger partial charge in [-0.05, 0) is 79.3 Å². The Bertz CT molecular complexity index is 1520. The molecule has 0 radical (unpaired) electrons. The van der Waals surface area contributed by atoms with Crippen LogP contribution in [0.5, 0.6) is 0 Å². The standard InChI is InChI=1S/C25H23ClN6O2S2/c1-16-14-18(9-10-19(16)30-36(2,33)34)32-24(23(29-25(32)35)20-6-3-4-12-27-20)21-7-5-13-31(21)22-11-8-17(26)15-28-22/h3-15,23-24,30H,1-2H3,(H,29,35)/t23-,24+/m1/s1. The smallest absolute Gasteiger partial charge is 0.229 e. The third-order valence-corrected chi connectivity index (χ3v) is 7.05. The molecule has 1 aromatic carbocycles. The van der Waals surface area contributed by atoms with E-state index in [0.29, 0.717) is 15.8 Å². The molecule has 0 aliphatic carbocycles. The molecule has 1 fully saturated rings. The van der Waals surface area contributed by atoms with Crippen LogP contribution >= 0.6 is 23.8 Å². The predicted molar refractivity (Wildman–Crippen MR) is 146 cm³/mol. The number of rotatable bonds is 6. The molecular formula is C25H23ClN6O2S2. The van der Waals surface area contributed by atoms with E-state index in [2.05, 4.69) is 20.0 Å². The van der Waals surface area contributed by atoms with Crippen molar-refractivity contribution in [1.29, 1.82) is 0 Å². The van der Waals surface area contributed by atoms with Gasteiger partial charge in [-0.25, -0.2) is 13.4 Å². The normalized spacial score (nSPS) is 17.8.